The number of hydrogen-bond donors (Lipinski definition) is 1. The van der Waals surface area contributed by atoms with Gasteiger partial charge < -0.3 is 5.43 Å². The van der Waals surface area contributed by atoms with Gasteiger partial charge in [-0.05, 0) is 38.0 Å². The summed E-state index contributed by atoms with van der Waals surface area (Å²) < 4.78 is 2.05. The van der Waals surface area contributed by atoms with Gasteiger partial charge in [0.25, 0.3) is 5.69 Å². The lowest BCUT2D eigenvalue weighted by Gasteiger charge is -2.12. The van der Waals surface area contributed by atoms with Gasteiger partial charge in [0.15, 0.2) is 0 Å². The van der Waals surface area contributed by atoms with Crippen LogP contribution in [0.1, 0.15) is 17.0 Å². The van der Waals surface area contributed by atoms with E-state index in [9.17, 15) is 10.1 Å². The summed E-state index contributed by atoms with van der Waals surface area (Å²) in [6, 6.07) is 10.8. The summed E-state index contributed by atoms with van der Waals surface area (Å²) in [7, 11) is 0. The zero-order valence-electron chi connectivity index (χ0n) is 11.1. The monoisotopic (exact) mass is 259 g/mol. The number of nitro benzene ring substituents is 1. The molecular weight excluding hydrogens is 242 g/mol. The van der Waals surface area contributed by atoms with E-state index in [1.165, 1.54) is 11.4 Å². The van der Waals surface area contributed by atoms with Crippen molar-refractivity contribution in [2.75, 3.05) is 12.0 Å². The summed E-state index contributed by atoms with van der Waals surface area (Å²) in [4.78, 5) is 10.2. The van der Waals surface area contributed by atoms with E-state index in [1.54, 1.807) is 24.3 Å². The molecule has 0 aliphatic carbocycles. The van der Waals surface area contributed by atoms with Crippen LogP contribution in [0.5, 0.6) is 0 Å². The van der Waals surface area contributed by atoms with Gasteiger partial charge in [0, 0.05) is 30.1 Å². The van der Waals surface area contributed by atoms with Crippen molar-refractivity contribution in [3.05, 3.63) is 63.5 Å². The molecule has 0 saturated carbocycles. The summed E-state index contributed by atoms with van der Waals surface area (Å²) in [6.07, 6.45) is 0.828. The molecule has 0 unspecified atom stereocenters. The van der Waals surface area contributed by atoms with Gasteiger partial charge in [0.1, 0.15) is 0 Å². The van der Waals surface area contributed by atoms with Crippen molar-refractivity contribution in [3.63, 3.8) is 0 Å². The van der Waals surface area contributed by atoms with Crippen molar-refractivity contribution in [3.8, 4) is 0 Å². The molecule has 19 heavy (non-hydrogen) atoms. The molecule has 0 atom stereocenters. The summed E-state index contributed by atoms with van der Waals surface area (Å²) in [5, 5.41) is 10.5. The second-order valence-electron chi connectivity index (χ2n) is 4.53. The van der Waals surface area contributed by atoms with Crippen LogP contribution in [0.4, 0.5) is 5.69 Å². The maximum absolute atomic E-state index is 10.5. The van der Waals surface area contributed by atoms with E-state index in [1.807, 2.05) is 18.5 Å². The van der Waals surface area contributed by atoms with E-state index in [2.05, 4.69) is 17.6 Å². The minimum Gasteiger partial charge on any atom is -0.326 e. The first-order chi connectivity index (χ1) is 9.08. The number of benzene rings is 1. The van der Waals surface area contributed by atoms with Crippen molar-refractivity contribution in [2.45, 2.75) is 20.3 Å². The van der Waals surface area contributed by atoms with Crippen LogP contribution in [0.25, 0.3) is 0 Å². The van der Waals surface area contributed by atoms with Crippen LogP contribution in [0.2, 0.25) is 0 Å². The number of aryl methyl sites for hydroxylation is 2. The van der Waals surface area contributed by atoms with Gasteiger partial charge in [-0.2, -0.15) is 0 Å². The molecule has 5 nitrogen and oxygen atoms in total. The topological polar surface area (TPSA) is 60.1 Å². The summed E-state index contributed by atoms with van der Waals surface area (Å²) in [5.41, 5.74) is 6.88. The van der Waals surface area contributed by atoms with Crippen LogP contribution < -0.4 is 5.43 Å². The molecule has 2 rings (SSSR count). The molecule has 1 heterocycles. The van der Waals surface area contributed by atoms with Crippen molar-refractivity contribution < 1.29 is 4.92 Å². The normalized spacial score (nSPS) is 10.4. The lowest BCUT2D eigenvalue weighted by molar-refractivity contribution is -0.384. The highest BCUT2D eigenvalue weighted by Gasteiger charge is 2.04. The molecule has 2 aromatic rings. The molecule has 1 aromatic carbocycles. The highest BCUT2D eigenvalue weighted by Crippen LogP contribution is 2.12. The van der Waals surface area contributed by atoms with Gasteiger partial charge in [-0.1, -0.05) is 12.1 Å². The fraction of sp³-hybridized carbons (Fsp3) is 0.286. The highest BCUT2D eigenvalue weighted by atomic mass is 16.6. The van der Waals surface area contributed by atoms with Gasteiger partial charge in [-0.3, -0.25) is 14.8 Å². The Hall–Kier alpha value is -2.30. The van der Waals surface area contributed by atoms with E-state index in [-0.39, 0.29) is 10.6 Å². The fourth-order valence-corrected chi connectivity index (χ4v) is 2.01. The lowest BCUT2D eigenvalue weighted by Crippen LogP contribution is -2.19. The van der Waals surface area contributed by atoms with Crippen molar-refractivity contribution >= 4 is 5.69 Å². The second-order valence-corrected chi connectivity index (χ2v) is 4.53. The largest absolute Gasteiger partial charge is 0.326 e. The number of rotatable bonds is 5. The van der Waals surface area contributed by atoms with E-state index in [0.717, 1.165) is 18.5 Å². The Kier molecular flexibility index (Phi) is 3.85. The Balaban J connectivity index is 1.91. The zero-order valence-corrected chi connectivity index (χ0v) is 11.1. The van der Waals surface area contributed by atoms with Crippen LogP contribution in [0.3, 0.4) is 0 Å². The Morgan fingerprint density at radius 1 is 1.11 bits per heavy atom. The average molecular weight is 259 g/mol. The molecule has 0 saturated heterocycles. The maximum Gasteiger partial charge on any atom is 0.269 e. The third-order valence-corrected chi connectivity index (χ3v) is 3.10. The fourth-order valence-electron chi connectivity index (χ4n) is 2.01. The first-order valence-electron chi connectivity index (χ1n) is 6.20. The molecule has 1 N–H and O–H groups in total. The van der Waals surface area contributed by atoms with Crippen LogP contribution in [-0.4, -0.2) is 16.1 Å². The summed E-state index contributed by atoms with van der Waals surface area (Å²) in [6.45, 7) is 4.88. The number of nitro groups is 1. The van der Waals surface area contributed by atoms with E-state index in [4.69, 9.17) is 0 Å². The predicted molar refractivity (Wildman–Crippen MR) is 74.9 cm³/mol. The molecule has 0 spiro atoms. The Bertz CT molecular complexity index is 553. The first kappa shape index (κ1) is 13.1. The van der Waals surface area contributed by atoms with Gasteiger partial charge in [-0.25, -0.2) is 0 Å². The molecule has 1 aromatic heterocycles. The van der Waals surface area contributed by atoms with Crippen molar-refractivity contribution in [1.82, 2.24) is 4.68 Å². The molecular formula is C14H17N3O2. The molecule has 0 radical (unpaired) electrons. The molecule has 5 heteroatoms. The van der Waals surface area contributed by atoms with Crippen LogP contribution >= 0.6 is 0 Å². The summed E-state index contributed by atoms with van der Waals surface area (Å²) in [5.74, 6) is 0. The smallest absolute Gasteiger partial charge is 0.269 e. The molecule has 0 aliphatic rings. The van der Waals surface area contributed by atoms with E-state index >= 15 is 0 Å². The van der Waals surface area contributed by atoms with Crippen LogP contribution in [-0.2, 0) is 6.42 Å². The molecule has 0 fully saturated rings. The van der Waals surface area contributed by atoms with Crippen molar-refractivity contribution in [2.24, 2.45) is 0 Å². The number of nitrogens with one attached hydrogen (secondary N) is 1. The average Bonchev–Trinajstić information content (AvgIpc) is 2.71. The Labute approximate surface area is 112 Å². The quantitative estimate of drug-likeness (QED) is 0.663. The number of aromatic nitrogens is 1. The van der Waals surface area contributed by atoms with Gasteiger partial charge in [-0.15, -0.1) is 0 Å². The van der Waals surface area contributed by atoms with E-state index < -0.39 is 0 Å². The third kappa shape index (κ3) is 3.13. The number of hydrogen-bond acceptors (Lipinski definition) is 3. The zero-order chi connectivity index (χ0) is 13.8. The van der Waals surface area contributed by atoms with E-state index in [0.29, 0.717) is 0 Å². The van der Waals surface area contributed by atoms with Crippen LogP contribution in [0.15, 0.2) is 36.4 Å². The molecule has 100 valence electrons. The summed E-state index contributed by atoms with van der Waals surface area (Å²) >= 11 is 0. The number of nitrogens with zero attached hydrogens (tertiary/aromatic N) is 2. The van der Waals surface area contributed by atoms with Gasteiger partial charge >= 0.3 is 0 Å². The maximum atomic E-state index is 10.5. The minimum atomic E-state index is -0.380. The van der Waals surface area contributed by atoms with Gasteiger partial charge in [0.2, 0.25) is 0 Å². The van der Waals surface area contributed by atoms with Crippen molar-refractivity contribution in [1.29, 1.82) is 0 Å². The van der Waals surface area contributed by atoms with Gasteiger partial charge in [0.05, 0.1) is 4.92 Å². The Morgan fingerprint density at radius 2 is 1.68 bits per heavy atom. The molecule has 0 aliphatic heterocycles. The minimum absolute atomic E-state index is 0.133. The SMILES string of the molecule is Cc1ccc(C)n1NCCc1ccc([N+](=O)[O-])cc1. The predicted octanol–water partition coefficient (Wildman–Crippen LogP) is 2.80. The highest BCUT2D eigenvalue weighted by molar-refractivity contribution is 5.33. The lowest BCUT2D eigenvalue weighted by atomic mass is 10.1. The second kappa shape index (κ2) is 5.56. The molecule has 0 amide bonds. The number of non-ortho nitro benzene ring substituents is 1. The molecule has 0 bridgehead atoms. The van der Waals surface area contributed by atoms with Crippen LogP contribution in [0, 0.1) is 24.0 Å². The standard InChI is InChI=1S/C14H17N3O2/c1-11-3-4-12(2)16(11)15-10-9-13-5-7-14(8-6-13)17(18)19/h3-8,15H,9-10H2,1-2H3. The third-order valence-electron chi connectivity index (χ3n) is 3.10. The first-order valence-corrected chi connectivity index (χ1v) is 6.20. The Morgan fingerprint density at radius 3 is 2.21 bits per heavy atom.